The third-order valence-electron chi connectivity index (χ3n) is 1.02. The lowest BCUT2D eigenvalue weighted by Crippen LogP contribution is -2.45. The zero-order valence-electron chi connectivity index (χ0n) is 5.65. The number of alkyl halides is 4. The predicted octanol–water partition coefficient (Wildman–Crippen LogP) is 0.803. The minimum absolute atomic E-state index is 0.929. The van der Waals surface area contributed by atoms with Crippen molar-refractivity contribution in [3.8, 4) is 0 Å². The van der Waals surface area contributed by atoms with Crippen molar-refractivity contribution in [2.24, 2.45) is 5.73 Å². The highest BCUT2D eigenvalue weighted by atomic mass is 19.3. The quantitative estimate of drug-likeness (QED) is 0.641. The highest BCUT2D eigenvalue weighted by molar-refractivity contribution is 5.90. The van der Waals surface area contributed by atoms with Gasteiger partial charge in [0.05, 0.1) is 6.04 Å². The number of nitrogens with two attached hydrogens (primary N) is 1. The van der Waals surface area contributed by atoms with Gasteiger partial charge in [0, 0.05) is 0 Å². The summed E-state index contributed by atoms with van der Waals surface area (Å²) in [6, 6.07) is -1.57. The Hall–Kier alpha value is -0.650. The van der Waals surface area contributed by atoms with Crippen molar-refractivity contribution in [3.63, 3.8) is 0 Å². The van der Waals surface area contributed by atoms with Crippen molar-refractivity contribution < 1.29 is 22.4 Å². The van der Waals surface area contributed by atoms with E-state index in [-0.39, 0.29) is 0 Å². The number of hydrogen-bond donors (Lipinski definition) is 1. The number of hydrogen-bond acceptors (Lipinski definition) is 2. The fourth-order valence-electron chi connectivity index (χ4n) is 0.411. The summed E-state index contributed by atoms with van der Waals surface area (Å²) in [6.45, 7) is 0.929. The number of halogens is 4. The van der Waals surface area contributed by atoms with Crippen LogP contribution < -0.4 is 5.73 Å². The van der Waals surface area contributed by atoms with Crippen LogP contribution in [0.5, 0.6) is 0 Å². The molecule has 0 saturated heterocycles. The maximum Gasteiger partial charge on any atom is 0.365 e. The Morgan fingerprint density at radius 1 is 1.45 bits per heavy atom. The summed E-state index contributed by atoms with van der Waals surface area (Å²) >= 11 is 0. The monoisotopic (exact) mass is 173 g/mol. The van der Waals surface area contributed by atoms with Gasteiger partial charge in [0.2, 0.25) is 5.78 Å². The van der Waals surface area contributed by atoms with Crippen LogP contribution in [0.1, 0.15) is 6.92 Å². The van der Waals surface area contributed by atoms with E-state index in [0.717, 1.165) is 6.92 Å². The first-order valence-electron chi connectivity index (χ1n) is 2.76. The van der Waals surface area contributed by atoms with Crippen LogP contribution in [0.25, 0.3) is 0 Å². The van der Waals surface area contributed by atoms with E-state index >= 15 is 0 Å². The van der Waals surface area contributed by atoms with E-state index < -0.39 is 24.2 Å². The standard InChI is InChI=1S/C5H7F4NO/c1-2(10)3(11)5(8,9)4(6)7/h2,4H,10H2,1H3. The average molecular weight is 173 g/mol. The summed E-state index contributed by atoms with van der Waals surface area (Å²) in [4.78, 5) is 10.3. The van der Waals surface area contributed by atoms with Gasteiger partial charge < -0.3 is 5.73 Å². The lowest BCUT2D eigenvalue weighted by molar-refractivity contribution is -0.167. The van der Waals surface area contributed by atoms with Gasteiger partial charge in [-0.25, -0.2) is 8.78 Å². The molecule has 1 atom stereocenters. The smallest absolute Gasteiger partial charge is 0.322 e. The molecular weight excluding hydrogens is 166 g/mol. The summed E-state index contributed by atoms with van der Waals surface area (Å²) in [5.41, 5.74) is 4.70. The van der Waals surface area contributed by atoms with Crippen LogP contribution in [0.2, 0.25) is 0 Å². The number of rotatable bonds is 3. The molecule has 0 amide bonds. The topological polar surface area (TPSA) is 43.1 Å². The minimum Gasteiger partial charge on any atom is -0.322 e. The molecule has 0 heterocycles. The van der Waals surface area contributed by atoms with Gasteiger partial charge in [0.1, 0.15) is 0 Å². The molecule has 0 aliphatic heterocycles. The van der Waals surface area contributed by atoms with E-state index in [9.17, 15) is 22.4 Å². The molecule has 0 aliphatic rings. The maximum absolute atomic E-state index is 12.0. The largest absolute Gasteiger partial charge is 0.365 e. The van der Waals surface area contributed by atoms with Crippen molar-refractivity contribution in [2.75, 3.05) is 0 Å². The number of carbonyl (C=O) groups is 1. The van der Waals surface area contributed by atoms with E-state index in [1.165, 1.54) is 0 Å². The Labute approximate surface area is 60.4 Å². The Morgan fingerprint density at radius 3 is 1.91 bits per heavy atom. The van der Waals surface area contributed by atoms with Crippen molar-refractivity contribution in [2.45, 2.75) is 25.3 Å². The molecule has 0 bridgehead atoms. The fraction of sp³-hybridized carbons (Fsp3) is 0.800. The summed E-state index contributed by atoms with van der Waals surface area (Å²) in [7, 11) is 0. The van der Waals surface area contributed by atoms with Gasteiger partial charge >= 0.3 is 12.3 Å². The summed E-state index contributed by atoms with van der Waals surface area (Å²) in [5, 5.41) is 0. The molecule has 66 valence electrons. The van der Waals surface area contributed by atoms with Gasteiger partial charge in [0.25, 0.3) is 0 Å². The van der Waals surface area contributed by atoms with Gasteiger partial charge in [-0.2, -0.15) is 8.78 Å². The number of ketones is 1. The van der Waals surface area contributed by atoms with Crippen molar-refractivity contribution >= 4 is 5.78 Å². The van der Waals surface area contributed by atoms with E-state index in [1.807, 2.05) is 0 Å². The summed E-state index contributed by atoms with van der Waals surface area (Å²) in [6.07, 6.45) is -3.99. The predicted molar refractivity (Wildman–Crippen MR) is 29.6 cm³/mol. The Morgan fingerprint density at radius 2 is 1.82 bits per heavy atom. The SMILES string of the molecule is CC(N)C(=O)C(F)(F)C(F)F. The van der Waals surface area contributed by atoms with Crippen molar-refractivity contribution in [3.05, 3.63) is 0 Å². The van der Waals surface area contributed by atoms with E-state index in [4.69, 9.17) is 5.73 Å². The second-order valence-corrected chi connectivity index (χ2v) is 2.08. The van der Waals surface area contributed by atoms with E-state index in [2.05, 4.69) is 0 Å². The molecule has 0 aromatic rings. The molecule has 6 heteroatoms. The minimum atomic E-state index is -4.62. The molecule has 0 radical (unpaired) electrons. The molecule has 0 saturated carbocycles. The molecule has 0 aliphatic carbocycles. The first-order valence-corrected chi connectivity index (χ1v) is 2.76. The molecule has 2 N–H and O–H groups in total. The molecule has 0 spiro atoms. The average Bonchev–Trinajstić information content (AvgIpc) is 1.85. The van der Waals surface area contributed by atoms with Gasteiger partial charge in [-0.3, -0.25) is 4.79 Å². The van der Waals surface area contributed by atoms with Gasteiger partial charge in [-0.15, -0.1) is 0 Å². The normalized spacial score (nSPS) is 15.2. The zero-order chi connectivity index (χ0) is 9.23. The van der Waals surface area contributed by atoms with Crippen LogP contribution in [0, 0.1) is 0 Å². The third kappa shape index (κ3) is 2.14. The fourth-order valence-corrected chi connectivity index (χ4v) is 0.411. The first kappa shape index (κ1) is 10.3. The Balaban J connectivity index is 4.43. The van der Waals surface area contributed by atoms with E-state index in [1.54, 1.807) is 0 Å². The Bertz CT molecular complexity index is 157. The second-order valence-electron chi connectivity index (χ2n) is 2.08. The van der Waals surface area contributed by atoms with Crippen LogP contribution in [-0.2, 0) is 4.79 Å². The highest BCUT2D eigenvalue weighted by Crippen LogP contribution is 2.24. The van der Waals surface area contributed by atoms with Crippen LogP contribution in [-0.4, -0.2) is 24.2 Å². The molecule has 0 fully saturated rings. The third-order valence-corrected chi connectivity index (χ3v) is 1.02. The van der Waals surface area contributed by atoms with Crippen LogP contribution in [0.3, 0.4) is 0 Å². The van der Waals surface area contributed by atoms with Crippen molar-refractivity contribution in [1.29, 1.82) is 0 Å². The second kappa shape index (κ2) is 3.17. The van der Waals surface area contributed by atoms with E-state index in [0.29, 0.717) is 0 Å². The zero-order valence-corrected chi connectivity index (χ0v) is 5.65. The number of Topliss-reactive ketones (excluding diaryl/α,β-unsaturated/α-hetero) is 1. The first-order chi connectivity index (χ1) is 4.80. The summed E-state index contributed by atoms with van der Waals surface area (Å²) in [5.74, 6) is -6.55. The molecular formula is C5H7F4NO. The molecule has 11 heavy (non-hydrogen) atoms. The maximum atomic E-state index is 12.0. The summed E-state index contributed by atoms with van der Waals surface area (Å²) < 4.78 is 46.8. The van der Waals surface area contributed by atoms with Crippen molar-refractivity contribution in [1.82, 2.24) is 0 Å². The molecule has 0 aromatic heterocycles. The van der Waals surface area contributed by atoms with Crippen LogP contribution >= 0.6 is 0 Å². The van der Waals surface area contributed by atoms with Gasteiger partial charge in [0.15, 0.2) is 0 Å². The van der Waals surface area contributed by atoms with Crippen LogP contribution in [0.15, 0.2) is 0 Å². The molecule has 0 rings (SSSR count). The van der Waals surface area contributed by atoms with Gasteiger partial charge in [-0.1, -0.05) is 0 Å². The molecule has 0 aromatic carbocycles. The molecule has 2 nitrogen and oxygen atoms in total. The van der Waals surface area contributed by atoms with Gasteiger partial charge in [-0.05, 0) is 6.92 Å². The molecule has 1 unspecified atom stereocenters. The Kier molecular flexibility index (Phi) is 2.98. The number of carbonyl (C=O) groups excluding carboxylic acids is 1. The van der Waals surface area contributed by atoms with Crippen LogP contribution in [0.4, 0.5) is 17.6 Å². The lowest BCUT2D eigenvalue weighted by atomic mass is 10.1. The lowest BCUT2D eigenvalue weighted by Gasteiger charge is -2.15. The highest BCUT2D eigenvalue weighted by Gasteiger charge is 2.49.